The summed E-state index contributed by atoms with van der Waals surface area (Å²) in [6.45, 7) is -0.231. The van der Waals surface area contributed by atoms with Gasteiger partial charge in [0.05, 0.1) is 6.42 Å². The molecule has 0 aromatic carbocycles. The Morgan fingerprint density at radius 3 is 2.28 bits per heavy atom. The van der Waals surface area contributed by atoms with Crippen molar-refractivity contribution in [2.24, 2.45) is 5.73 Å². The summed E-state index contributed by atoms with van der Waals surface area (Å²) in [5, 5.41) is 13.2. The van der Waals surface area contributed by atoms with Crippen LogP contribution in [0, 0.1) is 0 Å². The second-order valence-corrected chi connectivity index (χ2v) is 3.54. The van der Waals surface area contributed by atoms with Gasteiger partial charge in [-0.1, -0.05) is 0 Å². The zero-order valence-electron chi connectivity index (χ0n) is 10.1. The van der Waals surface area contributed by atoms with Crippen molar-refractivity contribution < 1.29 is 24.3 Å². The summed E-state index contributed by atoms with van der Waals surface area (Å²) in [5.74, 6) is -2.64. The van der Waals surface area contributed by atoms with Gasteiger partial charge in [-0.15, -0.1) is 0 Å². The zero-order valence-corrected chi connectivity index (χ0v) is 10.1. The standard InChI is InChI=1S/C9H16N4O5/c1-11-7(15)4-13(2)9(18)12-5(8(16)17)3-6(10)14/h5H,3-4H2,1-2H3,(H2,10,14)(H,11,15)(H,12,18)(H,16,17). The second-order valence-electron chi connectivity index (χ2n) is 3.54. The second kappa shape index (κ2) is 7.09. The summed E-state index contributed by atoms with van der Waals surface area (Å²) in [6.07, 6.45) is -0.519. The van der Waals surface area contributed by atoms with E-state index < -0.39 is 36.3 Å². The molecule has 0 saturated carbocycles. The summed E-state index contributed by atoms with van der Waals surface area (Å²) in [7, 11) is 2.72. The number of carboxylic acids is 1. The maximum atomic E-state index is 11.5. The topological polar surface area (TPSA) is 142 Å². The summed E-state index contributed by atoms with van der Waals surface area (Å²) >= 11 is 0. The van der Waals surface area contributed by atoms with Gasteiger partial charge in [-0.2, -0.15) is 0 Å². The van der Waals surface area contributed by atoms with Crippen LogP contribution in [-0.4, -0.2) is 60.5 Å². The van der Waals surface area contributed by atoms with Crippen molar-refractivity contribution in [2.45, 2.75) is 12.5 Å². The number of nitrogens with one attached hydrogen (secondary N) is 2. The maximum Gasteiger partial charge on any atom is 0.326 e. The quantitative estimate of drug-likeness (QED) is 0.425. The van der Waals surface area contributed by atoms with Crippen LogP contribution in [0.25, 0.3) is 0 Å². The van der Waals surface area contributed by atoms with Gasteiger partial charge < -0.3 is 26.4 Å². The minimum Gasteiger partial charge on any atom is -0.480 e. The van der Waals surface area contributed by atoms with Crippen molar-refractivity contribution >= 4 is 23.8 Å². The van der Waals surface area contributed by atoms with Crippen molar-refractivity contribution in [1.82, 2.24) is 15.5 Å². The van der Waals surface area contributed by atoms with Crippen LogP contribution in [0.2, 0.25) is 0 Å². The summed E-state index contributed by atoms with van der Waals surface area (Å²) < 4.78 is 0. The molecule has 9 nitrogen and oxygen atoms in total. The van der Waals surface area contributed by atoms with Gasteiger partial charge in [0.2, 0.25) is 11.8 Å². The minimum absolute atomic E-state index is 0.231. The Bertz CT molecular complexity index is 357. The fraction of sp³-hybridized carbons (Fsp3) is 0.556. The van der Waals surface area contributed by atoms with Crippen LogP contribution in [0.15, 0.2) is 0 Å². The molecule has 0 spiro atoms. The van der Waals surface area contributed by atoms with E-state index in [0.29, 0.717) is 0 Å². The fourth-order valence-corrected chi connectivity index (χ4v) is 1.03. The van der Waals surface area contributed by atoms with Crippen LogP contribution in [0.5, 0.6) is 0 Å². The third kappa shape index (κ3) is 5.68. The van der Waals surface area contributed by atoms with E-state index in [4.69, 9.17) is 10.8 Å². The number of nitrogens with two attached hydrogens (primary N) is 1. The predicted octanol–water partition coefficient (Wildman–Crippen LogP) is -2.30. The number of amides is 4. The van der Waals surface area contributed by atoms with E-state index >= 15 is 0 Å². The summed E-state index contributed by atoms with van der Waals surface area (Å²) in [6, 6.07) is -2.20. The average molecular weight is 260 g/mol. The number of urea groups is 1. The van der Waals surface area contributed by atoms with Crippen molar-refractivity contribution in [3.05, 3.63) is 0 Å². The van der Waals surface area contributed by atoms with E-state index in [2.05, 4.69) is 10.6 Å². The molecule has 0 bridgehead atoms. The Hall–Kier alpha value is -2.32. The Balaban J connectivity index is 4.45. The van der Waals surface area contributed by atoms with Crippen molar-refractivity contribution in [3.8, 4) is 0 Å². The van der Waals surface area contributed by atoms with Crippen molar-refractivity contribution in [2.75, 3.05) is 20.6 Å². The number of nitrogens with zero attached hydrogens (tertiary/aromatic N) is 1. The highest BCUT2D eigenvalue weighted by Gasteiger charge is 2.24. The number of hydrogen-bond donors (Lipinski definition) is 4. The molecule has 9 heteroatoms. The number of likely N-dealkylation sites (N-methyl/N-ethyl adjacent to an activating group) is 2. The van der Waals surface area contributed by atoms with E-state index in [-0.39, 0.29) is 6.54 Å². The van der Waals surface area contributed by atoms with E-state index in [1.54, 1.807) is 0 Å². The third-order valence-electron chi connectivity index (χ3n) is 2.01. The molecule has 0 radical (unpaired) electrons. The van der Waals surface area contributed by atoms with Gasteiger partial charge in [-0.05, 0) is 0 Å². The Morgan fingerprint density at radius 2 is 1.89 bits per heavy atom. The molecule has 0 aliphatic carbocycles. The average Bonchev–Trinajstić information content (AvgIpc) is 2.26. The number of carboxylic acid groups (broad SMARTS) is 1. The highest BCUT2D eigenvalue weighted by Crippen LogP contribution is 1.94. The highest BCUT2D eigenvalue weighted by atomic mass is 16.4. The van der Waals surface area contributed by atoms with E-state index in [9.17, 15) is 19.2 Å². The number of hydrogen-bond acceptors (Lipinski definition) is 4. The molecule has 0 aliphatic heterocycles. The van der Waals surface area contributed by atoms with Gasteiger partial charge in [0.25, 0.3) is 0 Å². The Kier molecular flexibility index (Phi) is 6.18. The lowest BCUT2D eigenvalue weighted by Crippen LogP contribution is -2.50. The molecule has 0 heterocycles. The van der Waals surface area contributed by atoms with Crippen LogP contribution in [0.4, 0.5) is 4.79 Å². The molecule has 102 valence electrons. The lowest BCUT2D eigenvalue weighted by molar-refractivity contribution is -0.140. The predicted molar refractivity (Wildman–Crippen MR) is 60.5 cm³/mol. The molecular formula is C9H16N4O5. The smallest absolute Gasteiger partial charge is 0.326 e. The van der Waals surface area contributed by atoms with Gasteiger partial charge in [-0.25, -0.2) is 9.59 Å². The Morgan fingerprint density at radius 1 is 1.33 bits per heavy atom. The lowest BCUT2D eigenvalue weighted by Gasteiger charge is -2.20. The molecule has 5 N–H and O–H groups in total. The number of carbonyl (C=O) groups excluding carboxylic acids is 3. The van der Waals surface area contributed by atoms with Crippen LogP contribution in [-0.2, 0) is 14.4 Å². The molecule has 18 heavy (non-hydrogen) atoms. The zero-order chi connectivity index (χ0) is 14.3. The van der Waals surface area contributed by atoms with E-state index in [0.717, 1.165) is 4.90 Å². The molecule has 4 amide bonds. The molecule has 0 aromatic heterocycles. The first-order valence-corrected chi connectivity index (χ1v) is 5.01. The third-order valence-corrected chi connectivity index (χ3v) is 2.01. The van der Waals surface area contributed by atoms with Crippen molar-refractivity contribution in [1.29, 1.82) is 0 Å². The lowest BCUT2D eigenvalue weighted by atomic mass is 10.2. The molecule has 0 aliphatic rings. The number of primary amides is 1. The van der Waals surface area contributed by atoms with Crippen LogP contribution < -0.4 is 16.4 Å². The van der Waals surface area contributed by atoms with Gasteiger partial charge in [-0.3, -0.25) is 9.59 Å². The van der Waals surface area contributed by atoms with Gasteiger partial charge in [0.1, 0.15) is 12.6 Å². The summed E-state index contributed by atoms with van der Waals surface area (Å²) in [5.41, 5.74) is 4.85. The van der Waals surface area contributed by atoms with Gasteiger partial charge in [0.15, 0.2) is 0 Å². The fourth-order valence-electron chi connectivity index (χ4n) is 1.03. The number of carbonyl (C=O) groups is 4. The first kappa shape index (κ1) is 15.7. The van der Waals surface area contributed by atoms with E-state index in [1.165, 1.54) is 14.1 Å². The number of aliphatic carboxylic acids is 1. The molecule has 0 aromatic rings. The Labute approximate surface area is 103 Å². The minimum atomic E-state index is -1.41. The molecule has 1 atom stereocenters. The van der Waals surface area contributed by atoms with Crippen molar-refractivity contribution in [3.63, 3.8) is 0 Å². The van der Waals surface area contributed by atoms with Gasteiger partial charge >= 0.3 is 12.0 Å². The monoisotopic (exact) mass is 260 g/mol. The van der Waals surface area contributed by atoms with E-state index in [1.807, 2.05) is 0 Å². The first-order valence-electron chi connectivity index (χ1n) is 5.01. The SMILES string of the molecule is CNC(=O)CN(C)C(=O)NC(CC(N)=O)C(=O)O. The molecule has 0 saturated heterocycles. The maximum absolute atomic E-state index is 11.5. The highest BCUT2D eigenvalue weighted by molar-refractivity contribution is 5.89. The molecule has 1 unspecified atom stereocenters. The first-order chi connectivity index (χ1) is 8.27. The normalized spacial score (nSPS) is 11.2. The molecular weight excluding hydrogens is 244 g/mol. The largest absolute Gasteiger partial charge is 0.480 e. The number of rotatable bonds is 6. The molecule has 0 fully saturated rings. The van der Waals surface area contributed by atoms with Gasteiger partial charge in [0, 0.05) is 14.1 Å². The summed E-state index contributed by atoms with van der Waals surface area (Å²) in [4.78, 5) is 44.9. The molecule has 0 rings (SSSR count). The van der Waals surface area contributed by atoms with Crippen LogP contribution in [0.1, 0.15) is 6.42 Å². The van der Waals surface area contributed by atoms with Crippen LogP contribution >= 0.6 is 0 Å². The van der Waals surface area contributed by atoms with Crippen LogP contribution in [0.3, 0.4) is 0 Å².